The van der Waals surface area contributed by atoms with Crippen molar-refractivity contribution in [3.8, 4) is 17.6 Å². The zero-order valence-electron chi connectivity index (χ0n) is 23.2. The number of nitrogens with zero attached hydrogens (tertiary/aromatic N) is 3. The molecule has 1 aliphatic rings. The van der Waals surface area contributed by atoms with Gasteiger partial charge in [0.1, 0.15) is 6.07 Å². The van der Waals surface area contributed by atoms with Gasteiger partial charge in [-0.15, -0.1) is 11.8 Å². The smallest absolute Gasteiger partial charge is 0.338 e. The number of fused-ring (bicyclic) bond motifs is 1. The second-order valence-corrected chi connectivity index (χ2v) is 10.9. The number of hydrogen-bond acceptors (Lipinski definition) is 9. The summed E-state index contributed by atoms with van der Waals surface area (Å²) in [7, 11) is 1.51. The van der Waals surface area contributed by atoms with Crippen LogP contribution in [0.25, 0.3) is 11.8 Å². The molecule has 212 valence electrons. The van der Waals surface area contributed by atoms with Gasteiger partial charge < -0.3 is 14.2 Å². The number of carbonyl (C=O) groups is 1. The Kier molecular flexibility index (Phi) is 8.91. The van der Waals surface area contributed by atoms with E-state index in [0.29, 0.717) is 37.7 Å². The number of esters is 1. The molecule has 0 N–H and O–H groups in total. The third kappa shape index (κ3) is 5.62. The summed E-state index contributed by atoms with van der Waals surface area (Å²) in [5.41, 5.74) is 2.50. The average molecular weight is 598 g/mol. The number of ether oxygens (including phenoxy) is 3. The molecule has 0 radical (unpaired) electrons. The Morgan fingerprint density at radius 3 is 2.55 bits per heavy atom. The summed E-state index contributed by atoms with van der Waals surface area (Å²) in [4.78, 5) is 34.1. The largest absolute Gasteiger partial charge is 0.493 e. The van der Waals surface area contributed by atoms with Crippen molar-refractivity contribution in [2.45, 2.75) is 17.9 Å². The number of rotatable bonds is 9. The van der Waals surface area contributed by atoms with E-state index in [1.165, 1.54) is 18.4 Å². The summed E-state index contributed by atoms with van der Waals surface area (Å²) >= 11 is 2.82. The molecule has 0 bridgehead atoms. The lowest BCUT2D eigenvalue weighted by Gasteiger charge is -2.26. The Labute approximate surface area is 250 Å². The summed E-state index contributed by atoms with van der Waals surface area (Å²) < 4.78 is 18.6. The zero-order valence-corrected chi connectivity index (χ0v) is 24.8. The number of methoxy groups -OCH3 is 1. The molecule has 10 heteroatoms. The van der Waals surface area contributed by atoms with Gasteiger partial charge in [-0.05, 0) is 43.0 Å². The summed E-state index contributed by atoms with van der Waals surface area (Å²) in [5.74, 6) is 0.261. The molecule has 1 aromatic heterocycles. The molecule has 0 amide bonds. The van der Waals surface area contributed by atoms with Crippen LogP contribution in [0.5, 0.6) is 11.5 Å². The maximum atomic E-state index is 14.2. The van der Waals surface area contributed by atoms with Crippen LogP contribution in [0.3, 0.4) is 0 Å². The van der Waals surface area contributed by atoms with Crippen LogP contribution >= 0.6 is 23.1 Å². The van der Waals surface area contributed by atoms with Crippen molar-refractivity contribution in [1.29, 1.82) is 5.26 Å². The molecule has 42 heavy (non-hydrogen) atoms. The number of hydrogen-bond donors (Lipinski definition) is 0. The van der Waals surface area contributed by atoms with Crippen molar-refractivity contribution in [3.05, 3.63) is 115 Å². The fourth-order valence-corrected chi connectivity index (χ4v) is 6.15. The number of thiazole rings is 1. The molecule has 1 aliphatic heterocycles. The van der Waals surface area contributed by atoms with Gasteiger partial charge in [-0.1, -0.05) is 65.9 Å². The number of carbonyl (C=O) groups excluding carboxylic acids is 1. The van der Waals surface area contributed by atoms with E-state index in [-0.39, 0.29) is 18.8 Å². The molecular formula is C32H27N3O5S2. The fraction of sp³-hybridized carbons (Fsp3) is 0.188. The summed E-state index contributed by atoms with van der Waals surface area (Å²) in [6, 6.07) is 23.7. The van der Waals surface area contributed by atoms with Crippen LogP contribution in [0.1, 0.15) is 29.7 Å². The van der Waals surface area contributed by atoms with Gasteiger partial charge in [-0.3, -0.25) is 9.36 Å². The Balaban J connectivity index is 1.81. The average Bonchev–Trinajstić information content (AvgIpc) is 3.34. The predicted octanol–water partition coefficient (Wildman–Crippen LogP) is 4.57. The van der Waals surface area contributed by atoms with Gasteiger partial charge in [-0.2, -0.15) is 5.26 Å². The lowest BCUT2D eigenvalue weighted by Crippen LogP contribution is -2.40. The number of nitriles is 1. The van der Waals surface area contributed by atoms with Crippen molar-refractivity contribution in [2.75, 3.05) is 26.6 Å². The highest BCUT2D eigenvalue weighted by atomic mass is 32.2. The second kappa shape index (κ2) is 12.9. The van der Waals surface area contributed by atoms with Gasteiger partial charge >= 0.3 is 5.97 Å². The minimum Gasteiger partial charge on any atom is -0.493 e. The minimum absolute atomic E-state index is 0.175. The SMILES string of the molecule is CCOC(=O)C1=C(c2ccccc2)N=c2s/c(=C\c3cccc(OC)c3OCC#N)c(=O)n2[C@H]1c1ccc(SC)cc1. The maximum absolute atomic E-state index is 14.2. The lowest BCUT2D eigenvalue weighted by molar-refractivity contribution is -0.138. The maximum Gasteiger partial charge on any atom is 0.338 e. The van der Waals surface area contributed by atoms with Gasteiger partial charge in [0.05, 0.1) is 35.6 Å². The first-order valence-electron chi connectivity index (χ1n) is 13.1. The van der Waals surface area contributed by atoms with Gasteiger partial charge in [-0.25, -0.2) is 9.79 Å². The molecule has 0 unspecified atom stereocenters. The monoisotopic (exact) mass is 597 g/mol. The quantitative estimate of drug-likeness (QED) is 0.206. The normalized spacial score (nSPS) is 14.5. The van der Waals surface area contributed by atoms with E-state index in [0.717, 1.165) is 16.0 Å². The van der Waals surface area contributed by atoms with Gasteiger partial charge in [0.2, 0.25) is 0 Å². The highest BCUT2D eigenvalue weighted by Crippen LogP contribution is 2.36. The predicted molar refractivity (Wildman–Crippen MR) is 163 cm³/mol. The van der Waals surface area contributed by atoms with Gasteiger partial charge in [0, 0.05) is 16.0 Å². The van der Waals surface area contributed by atoms with Crippen molar-refractivity contribution in [1.82, 2.24) is 4.57 Å². The van der Waals surface area contributed by atoms with Crippen LogP contribution in [-0.2, 0) is 9.53 Å². The van der Waals surface area contributed by atoms with Crippen LogP contribution in [0.2, 0.25) is 0 Å². The van der Waals surface area contributed by atoms with E-state index < -0.39 is 12.0 Å². The molecule has 0 saturated carbocycles. The van der Waals surface area contributed by atoms with Crippen molar-refractivity contribution in [2.24, 2.45) is 4.99 Å². The topological polar surface area (TPSA) is 103 Å². The molecule has 3 aromatic carbocycles. The Morgan fingerprint density at radius 1 is 1.12 bits per heavy atom. The molecule has 0 saturated heterocycles. The molecule has 5 rings (SSSR count). The molecule has 1 atom stereocenters. The highest BCUT2D eigenvalue weighted by Gasteiger charge is 2.35. The number of aromatic nitrogens is 1. The third-order valence-electron chi connectivity index (χ3n) is 6.60. The van der Waals surface area contributed by atoms with E-state index >= 15 is 0 Å². The number of benzene rings is 3. The van der Waals surface area contributed by atoms with E-state index in [9.17, 15) is 9.59 Å². The van der Waals surface area contributed by atoms with Crippen LogP contribution in [0, 0.1) is 11.3 Å². The molecule has 4 aromatic rings. The highest BCUT2D eigenvalue weighted by molar-refractivity contribution is 7.98. The van der Waals surface area contributed by atoms with Crippen LogP contribution in [0.15, 0.2) is 93.1 Å². The summed E-state index contributed by atoms with van der Waals surface area (Å²) in [6.07, 6.45) is 3.69. The standard InChI is InChI=1S/C32H27N3O5S2/c1-4-39-31(37)26-27(20-9-6-5-7-10-20)34-32-35(28(26)21-13-15-23(41-3)16-14-21)30(36)25(42-32)19-22-11-8-12-24(38-2)29(22)40-18-17-33/h5-16,19,28H,4,18H2,1-3H3/b25-19-/t28-/m0/s1. The summed E-state index contributed by atoms with van der Waals surface area (Å²) in [5, 5.41) is 9.09. The molecule has 0 fully saturated rings. The van der Waals surface area contributed by atoms with E-state index in [4.69, 9.17) is 24.5 Å². The molecule has 2 heterocycles. The number of para-hydroxylation sites is 1. The Morgan fingerprint density at radius 2 is 1.88 bits per heavy atom. The molecule has 8 nitrogen and oxygen atoms in total. The Hall–Kier alpha value is -4.59. The van der Waals surface area contributed by atoms with Crippen molar-refractivity contribution < 1.29 is 19.0 Å². The molecule has 0 spiro atoms. The van der Waals surface area contributed by atoms with Gasteiger partial charge in [0.25, 0.3) is 5.56 Å². The first kappa shape index (κ1) is 28.9. The lowest BCUT2D eigenvalue weighted by atomic mass is 9.93. The van der Waals surface area contributed by atoms with Crippen LogP contribution in [0.4, 0.5) is 0 Å². The Bertz CT molecular complexity index is 1870. The van der Waals surface area contributed by atoms with Gasteiger partial charge in [0.15, 0.2) is 22.9 Å². The van der Waals surface area contributed by atoms with Crippen LogP contribution < -0.4 is 24.4 Å². The first-order chi connectivity index (χ1) is 20.5. The molecule has 0 aliphatic carbocycles. The minimum atomic E-state index is -0.770. The fourth-order valence-electron chi connectivity index (χ4n) is 4.75. The van der Waals surface area contributed by atoms with Crippen LogP contribution in [-0.4, -0.2) is 37.1 Å². The van der Waals surface area contributed by atoms with Crippen molar-refractivity contribution >= 4 is 40.8 Å². The third-order valence-corrected chi connectivity index (χ3v) is 8.33. The molecular weight excluding hydrogens is 571 g/mol. The van der Waals surface area contributed by atoms with E-state index in [1.54, 1.807) is 47.5 Å². The summed E-state index contributed by atoms with van der Waals surface area (Å²) in [6.45, 7) is 1.74. The van der Waals surface area contributed by atoms with E-state index in [1.807, 2.05) is 66.9 Å². The number of thioether (sulfide) groups is 1. The van der Waals surface area contributed by atoms with Crippen molar-refractivity contribution in [3.63, 3.8) is 0 Å². The first-order valence-corrected chi connectivity index (χ1v) is 15.1. The van der Waals surface area contributed by atoms with E-state index in [2.05, 4.69) is 0 Å². The second-order valence-electron chi connectivity index (χ2n) is 9.03. The zero-order chi connectivity index (χ0) is 29.6.